The number of ether oxygens (including phenoxy) is 2. The number of hydrogen-bond donors (Lipinski definition) is 2. The van der Waals surface area contributed by atoms with Crippen LogP contribution in [0.4, 0.5) is 0 Å². The first-order valence-electron chi connectivity index (χ1n) is 7.22. The summed E-state index contributed by atoms with van der Waals surface area (Å²) < 4.78 is 11.8. The standard InChI is InChI=1S/C17H14BrIN2O5/c1-25-15-7-11(3-4-13(15)19)17(24)21-20-8-10-2-5-14(12(18)6-10)26-9-16(22)23/h2-8H,9H2,1H3,(H,21,24)(H,22,23)/b20-8+. The van der Waals surface area contributed by atoms with Crippen LogP contribution in [0.25, 0.3) is 0 Å². The van der Waals surface area contributed by atoms with Gasteiger partial charge in [0.15, 0.2) is 6.61 Å². The Morgan fingerprint density at radius 2 is 2.04 bits per heavy atom. The van der Waals surface area contributed by atoms with Crippen LogP contribution in [0.2, 0.25) is 0 Å². The first-order chi connectivity index (χ1) is 12.4. The zero-order valence-corrected chi connectivity index (χ0v) is 17.3. The van der Waals surface area contributed by atoms with Crippen molar-refractivity contribution in [1.29, 1.82) is 0 Å². The van der Waals surface area contributed by atoms with E-state index in [-0.39, 0.29) is 5.91 Å². The van der Waals surface area contributed by atoms with Crippen LogP contribution in [0.15, 0.2) is 46.0 Å². The fourth-order valence-electron chi connectivity index (χ4n) is 1.88. The molecule has 2 aromatic rings. The van der Waals surface area contributed by atoms with E-state index in [0.717, 1.165) is 3.57 Å². The summed E-state index contributed by atoms with van der Waals surface area (Å²) >= 11 is 5.41. The molecule has 0 saturated carbocycles. The average Bonchev–Trinajstić information content (AvgIpc) is 2.61. The van der Waals surface area contributed by atoms with Gasteiger partial charge in [-0.1, -0.05) is 0 Å². The number of carbonyl (C=O) groups excluding carboxylic acids is 1. The molecule has 0 aliphatic carbocycles. The molecule has 0 saturated heterocycles. The molecule has 136 valence electrons. The fourth-order valence-corrected chi connectivity index (χ4v) is 2.95. The monoisotopic (exact) mass is 532 g/mol. The molecule has 0 unspecified atom stereocenters. The van der Waals surface area contributed by atoms with E-state index in [0.29, 0.717) is 27.1 Å². The van der Waals surface area contributed by atoms with E-state index >= 15 is 0 Å². The van der Waals surface area contributed by atoms with E-state index in [1.54, 1.807) is 43.5 Å². The Kier molecular flexibility index (Phi) is 7.39. The summed E-state index contributed by atoms with van der Waals surface area (Å²) in [6, 6.07) is 10.1. The Hall–Kier alpha value is -2.14. The predicted octanol–water partition coefficient (Wildman–Crippen LogP) is 3.29. The lowest BCUT2D eigenvalue weighted by molar-refractivity contribution is -0.139. The molecule has 2 rings (SSSR count). The van der Waals surface area contributed by atoms with Crippen molar-refractivity contribution in [3.8, 4) is 11.5 Å². The minimum atomic E-state index is -1.06. The Bertz CT molecular complexity index is 857. The molecule has 26 heavy (non-hydrogen) atoms. The summed E-state index contributed by atoms with van der Waals surface area (Å²) in [5.74, 6) is -0.406. The van der Waals surface area contributed by atoms with Gasteiger partial charge >= 0.3 is 5.97 Å². The van der Waals surface area contributed by atoms with Crippen molar-refractivity contribution >= 4 is 56.6 Å². The minimum Gasteiger partial charge on any atom is -0.496 e. The highest BCUT2D eigenvalue weighted by Gasteiger charge is 2.08. The normalized spacial score (nSPS) is 10.6. The number of amides is 1. The van der Waals surface area contributed by atoms with E-state index in [2.05, 4.69) is 49.0 Å². The third-order valence-corrected chi connectivity index (χ3v) is 4.61. The molecule has 9 heteroatoms. The van der Waals surface area contributed by atoms with Gasteiger partial charge in [-0.15, -0.1) is 0 Å². The molecule has 0 fully saturated rings. The predicted molar refractivity (Wildman–Crippen MR) is 108 cm³/mol. The second kappa shape index (κ2) is 9.53. The quantitative estimate of drug-likeness (QED) is 0.324. The number of carbonyl (C=O) groups is 2. The Morgan fingerprint density at radius 3 is 2.69 bits per heavy atom. The molecule has 0 aliphatic rings. The maximum Gasteiger partial charge on any atom is 0.341 e. The summed E-state index contributed by atoms with van der Waals surface area (Å²) in [7, 11) is 1.54. The molecule has 2 aromatic carbocycles. The van der Waals surface area contributed by atoms with Crippen LogP contribution in [-0.2, 0) is 4.79 Å². The maximum atomic E-state index is 12.1. The number of aliphatic carboxylic acids is 1. The van der Waals surface area contributed by atoms with Crippen molar-refractivity contribution in [2.24, 2.45) is 5.10 Å². The van der Waals surface area contributed by atoms with Crippen molar-refractivity contribution < 1.29 is 24.2 Å². The number of halogens is 2. The second-order valence-corrected chi connectivity index (χ2v) is 6.94. The number of hydrogen-bond acceptors (Lipinski definition) is 5. The van der Waals surface area contributed by atoms with Gasteiger partial charge in [-0.25, -0.2) is 10.2 Å². The average molecular weight is 533 g/mol. The van der Waals surface area contributed by atoms with Crippen molar-refractivity contribution in [2.75, 3.05) is 13.7 Å². The van der Waals surface area contributed by atoms with Gasteiger partial charge in [-0.05, 0) is 80.5 Å². The van der Waals surface area contributed by atoms with Crippen LogP contribution < -0.4 is 14.9 Å². The first-order valence-corrected chi connectivity index (χ1v) is 9.09. The van der Waals surface area contributed by atoms with Gasteiger partial charge in [-0.3, -0.25) is 4.79 Å². The number of nitrogens with one attached hydrogen (secondary N) is 1. The van der Waals surface area contributed by atoms with Gasteiger partial charge in [0, 0.05) is 5.56 Å². The molecule has 0 atom stereocenters. The number of carboxylic acids is 1. The van der Waals surface area contributed by atoms with Crippen molar-refractivity contribution in [3.63, 3.8) is 0 Å². The van der Waals surface area contributed by atoms with Gasteiger partial charge < -0.3 is 14.6 Å². The third-order valence-electron chi connectivity index (χ3n) is 3.10. The Labute approximate surface area is 171 Å². The third kappa shape index (κ3) is 5.70. The number of rotatable bonds is 7. The minimum absolute atomic E-state index is 0.364. The number of carboxylic acid groups (broad SMARTS) is 1. The second-order valence-electron chi connectivity index (χ2n) is 4.92. The first kappa shape index (κ1) is 20.2. The van der Waals surface area contributed by atoms with Gasteiger partial charge in [0.2, 0.25) is 0 Å². The molecular formula is C17H14BrIN2O5. The van der Waals surface area contributed by atoms with Gasteiger partial charge in [0.05, 0.1) is 21.4 Å². The zero-order valence-electron chi connectivity index (χ0n) is 13.5. The van der Waals surface area contributed by atoms with Crippen LogP contribution in [-0.4, -0.2) is 36.9 Å². The molecule has 0 bridgehead atoms. The highest BCUT2D eigenvalue weighted by Crippen LogP contribution is 2.25. The van der Waals surface area contributed by atoms with Gasteiger partial charge in [0.1, 0.15) is 11.5 Å². The summed E-state index contributed by atoms with van der Waals surface area (Å²) in [6.07, 6.45) is 1.47. The number of methoxy groups -OCH3 is 1. The van der Waals surface area contributed by atoms with Crippen LogP contribution >= 0.6 is 38.5 Å². The van der Waals surface area contributed by atoms with E-state index in [1.165, 1.54) is 6.21 Å². The van der Waals surface area contributed by atoms with Crippen LogP contribution in [0, 0.1) is 3.57 Å². The van der Waals surface area contributed by atoms with Crippen LogP contribution in [0.5, 0.6) is 11.5 Å². The molecule has 7 nitrogen and oxygen atoms in total. The SMILES string of the molecule is COc1cc(C(=O)N/N=C/c2ccc(OCC(=O)O)c(Br)c2)ccc1I. The summed E-state index contributed by atoms with van der Waals surface area (Å²) in [5, 5.41) is 12.5. The lowest BCUT2D eigenvalue weighted by Crippen LogP contribution is -2.17. The van der Waals surface area contributed by atoms with E-state index in [9.17, 15) is 9.59 Å². The molecule has 1 amide bonds. The number of hydrazone groups is 1. The molecule has 0 heterocycles. The van der Waals surface area contributed by atoms with Gasteiger partial charge in [0.25, 0.3) is 5.91 Å². The van der Waals surface area contributed by atoms with E-state index < -0.39 is 12.6 Å². The lowest BCUT2D eigenvalue weighted by Gasteiger charge is -2.06. The van der Waals surface area contributed by atoms with E-state index in [4.69, 9.17) is 14.6 Å². The summed E-state index contributed by atoms with van der Waals surface area (Å²) in [4.78, 5) is 22.6. The molecule has 0 aromatic heterocycles. The topological polar surface area (TPSA) is 97.2 Å². The Morgan fingerprint density at radius 1 is 1.27 bits per heavy atom. The summed E-state index contributed by atoms with van der Waals surface area (Å²) in [5.41, 5.74) is 3.56. The van der Waals surface area contributed by atoms with Gasteiger partial charge in [-0.2, -0.15) is 5.10 Å². The van der Waals surface area contributed by atoms with Crippen molar-refractivity contribution in [3.05, 3.63) is 55.6 Å². The number of benzene rings is 2. The lowest BCUT2D eigenvalue weighted by atomic mass is 10.2. The smallest absolute Gasteiger partial charge is 0.341 e. The summed E-state index contributed by atoms with van der Waals surface area (Å²) in [6.45, 7) is -0.429. The Balaban J connectivity index is 2.00. The van der Waals surface area contributed by atoms with E-state index in [1.807, 2.05) is 0 Å². The highest BCUT2D eigenvalue weighted by atomic mass is 127. The van der Waals surface area contributed by atoms with Crippen molar-refractivity contribution in [1.82, 2.24) is 5.43 Å². The maximum absolute atomic E-state index is 12.1. The van der Waals surface area contributed by atoms with Crippen LogP contribution in [0.1, 0.15) is 15.9 Å². The highest BCUT2D eigenvalue weighted by molar-refractivity contribution is 14.1. The largest absolute Gasteiger partial charge is 0.496 e. The fraction of sp³-hybridized carbons (Fsp3) is 0.118. The van der Waals surface area contributed by atoms with Crippen LogP contribution in [0.3, 0.4) is 0 Å². The molecule has 0 radical (unpaired) electrons. The molecule has 0 spiro atoms. The number of nitrogens with zero attached hydrogens (tertiary/aromatic N) is 1. The molecule has 0 aliphatic heterocycles. The zero-order chi connectivity index (χ0) is 19.1. The molecular weight excluding hydrogens is 519 g/mol. The molecule has 2 N–H and O–H groups in total. The van der Waals surface area contributed by atoms with Crippen molar-refractivity contribution in [2.45, 2.75) is 0 Å².